The van der Waals surface area contributed by atoms with Gasteiger partial charge in [-0.15, -0.1) is 0 Å². The van der Waals surface area contributed by atoms with Gasteiger partial charge in [0.1, 0.15) is 17.8 Å². The summed E-state index contributed by atoms with van der Waals surface area (Å²) < 4.78 is 4.76. The van der Waals surface area contributed by atoms with Crippen molar-refractivity contribution in [2.24, 2.45) is 0 Å². The van der Waals surface area contributed by atoms with Crippen LogP contribution in [0.1, 0.15) is 53.5 Å². The zero-order valence-electron chi connectivity index (χ0n) is 15.6. The molecule has 3 rings (SSSR count). The molecule has 1 aromatic heterocycles. The molecule has 0 spiro atoms. The third kappa shape index (κ3) is 4.24. The smallest absolute Gasteiger partial charge is 0.339 e. The lowest BCUT2D eigenvalue weighted by Crippen LogP contribution is -2.39. The fourth-order valence-electron chi connectivity index (χ4n) is 3.42. The highest BCUT2D eigenvalue weighted by Gasteiger charge is 2.23. The molecule has 0 saturated carbocycles. The number of hydrogen-bond donors (Lipinski definition) is 1. The molecule has 0 radical (unpaired) electrons. The van der Waals surface area contributed by atoms with Crippen molar-refractivity contribution in [3.63, 3.8) is 0 Å². The van der Waals surface area contributed by atoms with Crippen molar-refractivity contribution in [3.8, 4) is 0 Å². The number of rotatable bonds is 5. The highest BCUT2D eigenvalue weighted by Crippen LogP contribution is 2.25. The van der Waals surface area contributed by atoms with E-state index in [0.717, 1.165) is 31.6 Å². The third-order valence-electron chi connectivity index (χ3n) is 4.86. The number of nitrogens with one attached hydrogen (secondary N) is 1. The number of carbonyl (C=O) groups is 2. The maximum absolute atomic E-state index is 12.7. The Hall–Kier alpha value is -2.96. The number of aromatic nitrogens is 2. The quantitative estimate of drug-likeness (QED) is 0.815. The van der Waals surface area contributed by atoms with Gasteiger partial charge in [0.15, 0.2) is 0 Å². The van der Waals surface area contributed by atoms with Crippen LogP contribution < -0.4 is 10.2 Å². The van der Waals surface area contributed by atoms with Gasteiger partial charge in [-0.25, -0.2) is 14.8 Å². The number of benzene rings is 1. The van der Waals surface area contributed by atoms with E-state index < -0.39 is 5.97 Å². The van der Waals surface area contributed by atoms with Crippen LogP contribution in [0.3, 0.4) is 0 Å². The van der Waals surface area contributed by atoms with E-state index in [1.165, 1.54) is 19.9 Å². The van der Waals surface area contributed by atoms with Crippen molar-refractivity contribution in [2.45, 2.75) is 38.6 Å². The van der Waals surface area contributed by atoms with Crippen LogP contribution >= 0.6 is 0 Å². The average Bonchev–Trinajstić information content (AvgIpc) is 2.73. The molecule has 0 bridgehead atoms. The summed E-state index contributed by atoms with van der Waals surface area (Å²) in [7, 11) is 1.31. The Balaban J connectivity index is 1.81. The predicted octanol–water partition coefficient (Wildman–Crippen LogP) is 3.28. The number of ether oxygens (including phenoxy) is 1. The van der Waals surface area contributed by atoms with Crippen molar-refractivity contribution >= 4 is 23.4 Å². The van der Waals surface area contributed by atoms with Crippen molar-refractivity contribution < 1.29 is 14.3 Å². The SMILES string of the molecule is CCC1CCCCN1c1cc(C(=O)Nc2ccccc2C(=O)OC)ncn1. The van der Waals surface area contributed by atoms with Gasteiger partial charge >= 0.3 is 5.97 Å². The van der Waals surface area contributed by atoms with Gasteiger partial charge in [-0.3, -0.25) is 4.79 Å². The first-order chi connectivity index (χ1) is 13.1. The first kappa shape index (κ1) is 18.8. The molecule has 27 heavy (non-hydrogen) atoms. The zero-order chi connectivity index (χ0) is 19.2. The predicted molar refractivity (Wildman–Crippen MR) is 103 cm³/mol. The molecular weight excluding hydrogens is 344 g/mol. The summed E-state index contributed by atoms with van der Waals surface area (Å²) in [6, 6.07) is 8.86. The topological polar surface area (TPSA) is 84.4 Å². The van der Waals surface area contributed by atoms with Gasteiger partial charge in [0, 0.05) is 18.7 Å². The summed E-state index contributed by atoms with van der Waals surface area (Å²) >= 11 is 0. The molecule has 1 aliphatic heterocycles. The van der Waals surface area contributed by atoms with Crippen LogP contribution in [0.4, 0.5) is 11.5 Å². The monoisotopic (exact) mass is 368 g/mol. The number of nitrogens with zero attached hydrogens (tertiary/aromatic N) is 3. The number of piperidine rings is 1. The van der Waals surface area contributed by atoms with Crippen LogP contribution in [0.15, 0.2) is 36.7 Å². The first-order valence-electron chi connectivity index (χ1n) is 9.21. The minimum atomic E-state index is -0.506. The Morgan fingerprint density at radius 3 is 2.85 bits per heavy atom. The summed E-state index contributed by atoms with van der Waals surface area (Å²) in [5.41, 5.74) is 0.948. The fraction of sp³-hybridized carbons (Fsp3) is 0.400. The second kappa shape index (κ2) is 8.62. The minimum Gasteiger partial charge on any atom is -0.465 e. The number of hydrogen-bond acceptors (Lipinski definition) is 6. The second-order valence-electron chi connectivity index (χ2n) is 6.50. The molecule has 1 N–H and O–H groups in total. The lowest BCUT2D eigenvalue weighted by molar-refractivity contribution is 0.0602. The molecule has 1 unspecified atom stereocenters. The Labute approximate surface area is 158 Å². The molecule has 2 aromatic rings. The molecule has 1 aromatic carbocycles. The second-order valence-corrected chi connectivity index (χ2v) is 6.50. The number of amides is 1. The molecule has 1 saturated heterocycles. The standard InChI is InChI=1S/C20H24N4O3/c1-3-14-8-6-7-11-24(14)18-12-17(21-13-22-18)19(25)23-16-10-5-4-9-15(16)20(26)27-2/h4-5,9-10,12-14H,3,6-8,11H2,1-2H3,(H,23,25). The van der Waals surface area contributed by atoms with Crippen molar-refractivity contribution in [2.75, 3.05) is 23.9 Å². The largest absolute Gasteiger partial charge is 0.465 e. The molecular formula is C20H24N4O3. The normalized spacial score (nSPS) is 16.7. The van der Waals surface area contributed by atoms with Crippen LogP contribution in [-0.4, -0.2) is 41.5 Å². The van der Waals surface area contributed by atoms with Crippen molar-refractivity contribution in [1.82, 2.24) is 9.97 Å². The van der Waals surface area contributed by atoms with Crippen LogP contribution in [0.5, 0.6) is 0 Å². The summed E-state index contributed by atoms with van der Waals surface area (Å²) in [5, 5.41) is 2.75. The number of anilines is 2. The molecule has 0 aliphatic carbocycles. The van der Waals surface area contributed by atoms with Crippen LogP contribution in [-0.2, 0) is 4.74 Å². The molecule has 1 aliphatic rings. The molecule has 142 valence electrons. The van der Waals surface area contributed by atoms with Gasteiger partial charge in [-0.05, 0) is 37.8 Å². The fourth-order valence-corrected chi connectivity index (χ4v) is 3.42. The Bertz CT molecular complexity index is 824. The van der Waals surface area contributed by atoms with Gasteiger partial charge in [-0.2, -0.15) is 0 Å². The number of para-hydroxylation sites is 1. The van der Waals surface area contributed by atoms with E-state index in [2.05, 4.69) is 27.1 Å². The maximum atomic E-state index is 12.7. The molecule has 1 atom stereocenters. The summed E-state index contributed by atoms with van der Waals surface area (Å²) in [6.45, 7) is 3.10. The van der Waals surface area contributed by atoms with E-state index in [4.69, 9.17) is 4.74 Å². The van der Waals surface area contributed by atoms with Crippen LogP contribution in [0, 0.1) is 0 Å². The minimum absolute atomic E-state index is 0.264. The van der Waals surface area contributed by atoms with Crippen LogP contribution in [0.2, 0.25) is 0 Å². The van der Waals surface area contributed by atoms with E-state index in [1.807, 2.05) is 0 Å². The van der Waals surface area contributed by atoms with Crippen molar-refractivity contribution in [1.29, 1.82) is 0 Å². The van der Waals surface area contributed by atoms with Gasteiger partial charge in [0.05, 0.1) is 18.4 Å². The highest BCUT2D eigenvalue weighted by atomic mass is 16.5. The van der Waals surface area contributed by atoms with Gasteiger partial charge in [0.2, 0.25) is 0 Å². The molecule has 7 nitrogen and oxygen atoms in total. The summed E-state index contributed by atoms with van der Waals surface area (Å²) in [4.78, 5) is 35.3. The Morgan fingerprint density at radius 2 is 2.07 bits per heavy atom. The molecule has 1 fully saturated rings. The molecule has 2 heterocycles. The summed E-state index contributed by atoms with van der Waals surface area (Å²) in [5.74, 6) is -0.128. The lowest BCUT2D eigenvalue weighted by atomic mass is 10.00. The number of carbonyl (C=O) groups excluding carboxylic acids is 2. The first-order valence-corrected chi connectivity index (χ1v) is 9.21. The Morgan fingerprint density at radius 1 is 1.26 bits per heavy atom. The van der Waals surface area contributed by atoms with Gasteiger partial charge in [-0.1, -0.05) is 19.1 Å². The highest BCUT2D eigenvalue weighted by molar-refractivity contribution is 6.07. The summed E-state index contributed by atoms with van der Waals surface area (Å²) in [6.07, 6.45) is 5.93. The van der Waals surface area contributed by atoms with E-state index in [1.54, 1.807) is 30.3 Å². The maximum Gasteiger partial charge on any atom is 0.339 e. The lowest BCUT2D eigenvalue weighted by Gasteiger charge is -2.36. The van der Waals surface area contributed by atoms with E-state index in [0.29, 0.717) is 17.3 Å². The average molecular weight is 368 g/mol. The van der Waals surface area contributed by atoms with E-state index in [-0.39, 0.29) is 11.6 Å². The van der Waals surface area contributed by atoms with E-state index >= 15 is 0 Å². The zero-order valence-corrected chi connectivity index (χ0v) is 15.6. The Kier molecular flexibility index (Phi) is 6.01. The molecule has 1 amide bonds. The van der Waals surface area contributed by atoms with Gasteiger partial charge < -0.3 is 15.0 Å². The number of methoxy groups -OCH3 is 1. The van der Waals surface area contributed by atoms with Gasteiger partial charge in [0.25, 0.3) is 5.91 Å². The van der Waals surface area contributed by atoms with Crippen molar-refractivity contribution in [3.05, 3.63) is 47.9 Å². The van der Waals surface area contributed by atoms with E-state index in [9.17, 15) is 9.59 Å². The van der Waals surface area contributed by atoms with Crippen LogP contribution in [0.25, 0.3) is 0 Å². The third-order valence-corrected chi connectivity index (χ3v) is 4.86. The molecule has 7 heteroatoms. The number of esters is 1.